The predicted molar refractivity (Wildman–Crippen MR) is 92.7 cm³/mol. The van der Waals surface area contributed by atoms with Gasteiger partial charge in [-0.15, -0.1) is 10.2 Å². The van der Waals surface area contributed by atoms with Crippen molar-refractivity contribution in [3.63, 3.8) is 0 Å². The average Bonchev–Trinajstić information content (AvgIpc) is 2.59. The van der Waals surface area contributed by atoms with Crippen molar-refractivity contribution in [3.8, 4) is 5.88 Å². The molecule has 0 saturated heterocycles. The van der Waals surface area contributed by atoms with Gasteiger partial charge in [-0.2, -0.15) is 8.42 Å². The van der Waals surface area contributed by atoms with Gasteiger partial charge in [0.05, 0.1) is 17.6 Å². The summed E-state index contributed by atoms with van der Waals surface area (Å²) in [6.45, 7) is 0.0172. The molecule has 0 spiro atoms. The number of aromatic nitrogens is 3. The molecule has 0 radical (unpaired) electrons. The molecule has 0 aliphatic carbocycles. The third-order valence-corrected chi connectivity index (χ3v) is 4.08. The number of halogens is 1. The maximum absolute atomic E-state index is 11.1. The Morgan fingerprint density at radius 3 is 2.36 bits per heavy atom. The second-order valence-electron chi connectivity index (χ2n) is 5.22. The van der Waals surface area contributed by atoms with Crippen molar-refractivity contribution >= 4 is 32.5 Å². The fourth-order valence-electron chi connectivity index (χ4n) is 2.15. The van der Waals surface area contributed by atoms with Crippen LogP contribution in [0, 0.1) is 0 Å². The van der Waals surface area contributed by atoms with Crippen molar-refractivity contribution in [1.82, 2.24) is 15.2 Å². The Hall–Kier alpha value is -2.29. The van der Waals surface area contributed by atoms with Gasteiger partial charge in [0, 0.05) is 10.8 Å². The van der Waals surface area contributed by atoms with Crippen molar-refractivity contribution in [3.05, 3.63) is 59.0 Å². The number of hydrogen-bond donors (Lipinski definition) is 0. The van der Waals surface area contributed by atoms with E-state index < -0.39 is 10.1 Å². The zero-order valence-corrected chi connectivity index (χ0v) is 14.8. The molecular formula is C16H14ClN3O4S. The summed E-state index contributed by atoms with van der Waals surface area (Å²) in [5, 5.41) is 9.66. The van der Waals surface area contributed by atoms with E-state index in [1.165, 1.54) is 0 Å². The first kappa shape index (κ1) is 17.5. The van der Waals surface area contributed by atoms with E-state index in [1.54, 1.807) is 18.2 Å². The summed E-state index contributed by atoms with van der Waals surface area (Å²) in [6, 6.07) is 12.6. The molecule has 2 aromatic heterocycles. The van der Waals surface area contributed by atoms with Crippen molar-refractivity contribution in [2.24, 2.45) is 0 Å². The number of ether oxygens (including phenoxy) is 1. The molecule has 9 heteroatoms. The first-order valence-electron chi connectivity index (χ1n) is 7.25. The summed E-state index contributed by atoms with van der Waals surface area (Å²) in [5.41, 5.74) is 1.09. The highest BCUT2D eigenvalue weighted by Gasteiger charge is 2.10. The topological polar surface area (TPSA) is 91.3 Å². The van der Waals surface area contributed by atoms with E-state index in [0.29, 0.717) is 22.4 Å². The second kappa shape index (κ2) is 7.30. The van der Waals surface area contributed by atoms with Crippen molar-refractivity contribution < 1.29 is 17.3 Å². The summed E-state index contributed by atoms with van der Waals surface area (Å²) in [6.07, 6.45) is 0.990. The lowest BCUT2D eigenvalue weighted by Crippen LogP contribution is -2.06. The van der Waals surface area contributed by atoms with Crippen LogP contribution in [0.5, 0.6) is 5.88 Å². The van der Waals surface area contributed by atoms with Crippen LogP contribution >= 0.6 is 11.6 Å². The van der Waals surface area contributed by atoms with Crippen LogP contribution in [0.4, 0.5) is 0 Å². The third kappa shape index (κ3) is 4.62. The molecule has 0 bridgehead atoms. The highest BCUT2D eigenvalue weighted by atomic mass is 35.5. The van der Waals surface area contributed by atoms with Gasteiger partial charge < -0.3 is 4.74 Å². The molecule has 130 valence electrons. The van der Waals surface area contributed by atoms with Gasteiger partial charge in [-0.25, -0.2) is 0 Å². The minimum absolute atomic E-state index is 0.129. The maximum atomic E-state index is 11.1. The molecule has 2 heterocycles. The molecule has 0 atom stereocenters. The molecule has 3 rings (SSSR count). The lowest BCUT2D eigenvalue weighted by Gasteiger charge is -2.09. The molecule has 0 amide bonds. The Bertz CT molecular complexity index is 1010. The Balaban J connectivity index is 1.75. The van der Waals surface area contributed by atoms with E-state index in [1.807, 2.05) is 24.3 Å². The third-order valence-electron chi connectivity index (χ3n) is 3.25. The second-order valence-corrected chi connectivity index (χ2v) is 7.22. The fourth-order valence-corrected chi connectivity index (χ4v) is 2.69. The van der Waals surface area contributed by atoms with Crippen LogP contribution in [-0.2, 0) is 27.5 Å². The van der Waals surface area contributed by atoms with Gasteiger partial charge in [0.2, 0.25) is 5.88 Å². The van der Waals surface area contributed by atoms with Crippen LogP contribution in [0.25, 0.3) is 10.8 Å². The van der Waals surface area contributed by atoms with E-state index in [9.17, 15) is 8.42 Å². The maximum Gasteiger partial charge on any atom is 0.264 e. The van der Waals surface area contributed by atoms with Gasteiger partial charge in [-0.1, -0.05) is 35.9 Å². The molecule has 0 aliphatic rings. The normalized spacial score (nSPS) is 11.6. The zero-order chi connectivity index (χ0) is 17.9. The Kier molecular flexibility index (Phi) is 5.12. The van der Waals surface area contributed by atoms with Gasteiger partial charge >= 0.3 is 0 Å². The standard InChI is InChI=1S/C16H14ClN3O4S/c1-25(21,22)24-10-12-6-4-5-11(18-12)9-23-16-14-8-3-2-7-13(14)15(17)19-20-16/h2-8H,9-10H2,1H3. The molecule has 3 aromatic rings. The molecule has 0 aliphatic heterocycles. The smallest absolute Gasteiger partial charge is 0.264 e. The Morgan fingerprint density at radius 1 is 0.960 bits per heavy atom. The molecule has 0 fully saturated rings. The average molecular weight is 380 g/mol. The quantitative estimate of drug-likeness (QED) is 0.608. The van der Waals surface area contributed by atoms with Crippen LogP contribution in [0.1, 0.15) is 11.4 Å². The Morgan fingerprint density at radius 2 is 1.64 bits per heavy atom. The van der Waals surface area contributed by atoms with Crippen LogP contribution < -0.4 is 4.74 Å². The van der Waals surface area contributed by atoms with E-state index in [2.05, 4.69) is 15.2 Å². The van der Waals surface area contributed by atoms with Gasteiger partial charge in [-0.05, 0) is 18.2 Å². The molecule has 1 aromatic carbocycles. The number of benzene rings is 1. The summed E-state index contributed by atoms with van der Waals surface area (Å²) < 4.78 is 32.5. The number of nitrogens with zero attached hydrogens (tertiary/aromatic N) is 3. The minimum atomic E-state index is -3.52. The molecule has 0 N–H and O–H groups in total. The lowest BCUT2D eigenvalue weighted by molar-refractivity contribution is 0.285. The van der Waals surface area contributed by atoms with Crippen LogP contribution in [0.2, 0.25) is 5.15 Å². The van der Waals surface area contributed by atoms with Crippen LogP contribution in [0.15, 0.2) is 42.5 Å². The van der Waals surface area contributed by atoms with Crippen molar-refractivity contribution in [1.29, 1.82) is 0 Å². The minimum Gasteiger partial charge on any atom is -0.470 e. The van der Waals surface area contributed by atoms with Crippen LogP contribution in [-0.4, -0.2) is 29.9 Å². The summed E-state index contributed by atoms with van der Waals surface area (Å²) in [4.78, 5) is 4.30. The van der Waals surface area contributed by atoms with Crippen molar-refractivity contribution in [2.45, 2.75) is 13.2 Å². The highest BCUT2D eigenvalue weighted by Crippen LogP contribution is 2.27. The molecule has 0 unspecified atom stereocenters. The molecule has 0 saturated carbocycles. The summed E-state index contributed by atoms with van der Waals surface area (Å²) in [5.74, 6) is 0.347. The van der Waals surface area contributed by atoms with Crippen molar-refractivity contribution in [2.75, 3.05) is 6.26 Å². The first-order chi connectivity index (χ1) is 11.9. The number of fused-ring (bicyclic) bond motifs is 1. The van der Waals surface area contributed by atoms with Gasteiger partial charge in [0.15, 0.2) is 5.15 Å². The predicted octanol–water partition coefficient (Wildman–Crippen LogP) is 2.73. The molecular weight excluding hydrogens is 366 g/mol. The Labute approximate surface area is 149 Å². The van der Waals surface area contributed by atoms with E-state index in [4.69, 9.17) is 20.5 Å². The number of hydrogen-bond acceptors (Lipinski definition) is 7. The summed E-state index contributed by atoms with van der Waals surface area (Å²) in [7, 11) is -3.52. The SMILES string of the molecule is CS(=O)(=O)OCc1cccc(COc2nnc(Cl)c3ccccc23)n1. The highest BCUT2D eigenvalue weighted by molar-refractivity contribution is 7.85. The van der Waals surface area contributed by atoms with E-state index in [-0.39, 0.29) is 13.2 Å². The van der Waals surface area contributed by atoms with Gasteiger partial charge in [0.1, 0.15) is 13.2 Å². The monoisotopic (exact) mass is 379 g/mol. The zero-order valence-electron chi connectivity index (χ0n) is 13.2. The van der Waals surface area contributed by atoms with Gasteiger partial charge in [0.25, 0.3) is 10.1 Å². The van der Waals surface area contributed by atoms with E-state index in [0.717, 1.165) is 17.0 Å². The van der Waals surface area contributed by atoms with Gasteiger partial charge in [-0.3, -0.25) is 9.17 Å². The molecule has 7 nitrogen and oxygen atoms in total. The first-order valence-corrected chi connectivity index (χ1v) is 9.45. The molecule has 25 heavy (non-hydrogen) atoms. The number of rotatable bonds is 6. The lowest BCUT2D eigenvalue weighted by atomic mass is 10.2. The van der Waals surface area contributed by atoms with Crippen LogP contribution in [0.3, 0.4) is 0 Å². The largest absolute Gasteiger partial charge is 0.470 e. The fraction of sp³-hybridized carbons (Fsp3) is 0.188. The van der Waals surface area contributed by atoms with E-state index >= 15 is 0 Å². The number of pyridine rings is 1. The summed E-state index contributed by atoms with van der Waals surface area (Å²) >= 11 is 6.03.